The summed E-state index contributed by atoms with van der Waals surface area (Å²) in [4.78, 5) is 10.8. The summed E-state index contributed by atoms with van der Waals surface area (Å²) in [7, 11) is 1.30. The van der Waals surface area contributed by atoms with Crippen molar-refractivity contribution >= 4 is 5.97 Å². The van der Waals surface area contributed by atoms with Gasteiger partial charge in [-0.15, -0.1) is 5.75 Å². The maximum absolute atomic E-state index is 10.8. The molecule has 5 heteroatoms. The Kier molecular flexibility index (Phi) is 10.7. The zero-order valence-electron chi connectivity index (χ0n) is 8.03. The van der Waals surface area contributed by atoms with Crippen LogP contribution in [-0.2, 0) is 4.74 Å². The topological polar surface area (TPSA) is 49.4 Å². The third-order valence-electron chi connectivity index (χ3n) is 1.28. The van der Waals surface area contributed by atoms with E-state index in [-0.39, 0.29) is 86.7 Å². The molecule has 0 bridgehead atoms. The Bertz CT molecular complexity index is 261. The maximum Gasteiger partial charge on any atom is 1.00 e. The van der Waals surface area contributed by atoms with Crippen molar-refractivity contribution in [1.82, 2.24) is 0 Å². The van der Waals surface area contributed by atoms with Crippen LogP contribution in [0.4, 0.5) is 0 Å². The minimum Gasteiger partial charge on any atom is -0.872 e. The third kappa shape index (κ3) is 5.54. The van der Waals surface area contributed by atoms with Gasteiger partial charge in [0.05, 0.1) is 12.7 Å². The summed E-state index contributed by atoms with van der Waals surface area (Å²) in [5, 5.41) is 10.6. The second-order valence-corrected chi connectivity index (χ2v) is 2.02. The number of benzene rings is 1. The molecular weight excluding hydrogens is 206 g/mol. The van der Waals surface area contributed by atoms with E-state index >= 15 is 0 Å². The molecule has 0 aliphatic rings. The Morgan fingerprint density at radius 1 is 1.31 bits per heavy atom. The van der Waals surface area contributed by atoms with Gasteiger partial charge in [0, 0.05) is 0 Å². The van der Waals surface area contributed by atoms with Crippen LogP contribution < -0.4 is 86.0 Å². The maximum atomic E-state index is 10.8. The molecule has 0 radical (unpaired) electrons. The number of rotatable bonds is 1. The van der Waals surface area contributed by atoms with E-state index in [1.807, 2.05) is 0 Å². The minimum atomic E-state index is -0.426. The van der Waals surface area contributed by atoms with E-state index in [2.05, 4.69) is 4.74 Å². The van der Waals surface area contributed by atoms with Crippen molar-refractivity contribution in [2.45, 2.75) is 0 Å². The standard InChI is InChI=1S/C8H8O3.K.Na/c1-11-8(10)6-2-4-7(9)5-3-6;;/h2-5,9H,1H3;;/q;2*+1/p-1. The zero-order chi connectivity index (χ0) is 8.27. The van der Waals surface area contributed by atoms with Crippen LogP contribution in [0.1, 0.15) is 10.4 Å². The first-order valence-electron chi connectivity index (χ1n) is 3.09. The first-order chi connectivity index (χ1) is 5.24. The molecule has 0 fully saturated rings. The molecule has 0 atom stereocenters. The van der Waals surface area contributed by atoms with Crippen LogP contribution in [-0.4, -0.2) is 13.1 Å². The van der Waals surface area contributed by atoms with Crippen LogP contribution in [0.5, 0.6) is 5.75 Å². The molecule has 1 aromatic carbocycles. The van der Waals surface area contributed by atoms with Crippen LogP contribution in [0, 0.1) is 0 Å². The molecule has 0 aromatic heterocycles. The van der Waals surface area contributed by atoms with Gasteiger partial charge in [-0.1, -0.05) is 12.1 Å². The number of hydrogen-bond donors (Lipinski definition) is 0. The Labute approximate surface area is 142 Å². The molecule has 0 amide bonds. The van der Waals surface area contributed by atoms with Crippen molar-refractivity contribution in [3.63, 3.8) is 0 Å². The summed E-state index contributed by atoms with van der Waals surface area (Å²) >= 11 is 0. The molecule has 0 heterocycles. The Hall–Kier alpha value is 1.13. The van der Waals surface area contributed by atoms with Gasteiger partial charge in [-0.2, -0.15) is 0 Å². The number of ether oxygens (including phenoxy) is 1. The van der Waals surface area contributed by atoms with Gasteiger partial charge in [0.2, 0.25) is 0 Å². The fourth-order valence-corrected chi connectivity index (χ4v) is 0.709. The molecule has 0 aliphatic carbocycles. The Morgan fingerprint density at radius 2 is 1.77 bits per heavy atom. The summed E-state index contributed by atoms with van der Waals surface area (Å²) in [5.74, 6) is -0.539. The quantitative estimate of drug-likeness (QED) is 0.345. The van der Waals surface area contributed by atoms with Crippen molar-refractivity contribution in [2.24, 2.45) is 0 Å². The molecule has 3 nitrogen and oxygen atoms in total. The molecule has 13 heavy (non-hydrogen) atoms. The first kappa shape index (κ1) is 16.6. The molecule has 58 valence electrons. The fourth-order valence-electron chi connectivity index (χ4n) is 0.709. The van der Waals surface area contributed by atoms with Gasteiger partial charge in [-0.05, 0) is 12.1 Å². The number of carbonyl (C=O) groups is 1. The van der Waals surface area contributed by atoms with Crippen LogP contribution in [0.2, 0.25) is 0 Å². The zero-order valence-corrected chi connectivity index (χ0v) is 13.2. The molecule has 0 N–H and O–H groups in total. The van der Waals surface area contributed by atoms with Crippen LogP contribution >= 0.6 is 0 Å². The van der Waals surface area contributed by atoms with E-state index in [1.165, 1.54) is 31.4 Å². The second-order valence-electron chi connectivity index (χ2n) is 2.02. The average Bonchev–Trinajstić information content (AvgIpc) is 2.05. The molecular formula is C8H7KNaO3+. The SMILES string of the molecule is COC(=O)c1ccc([O-])cc1.[K+].[Na+]. The summed E-state index contributed by atoms with van der Waals surface area (Å²) in [5.41, 5.74) is 0.395. The first-order valence-corrected chi connectivity index (χ1v) is 3.09. The van der Waals surface area contributed by atoms with Crippen molar-refractivity contribution in [3.8, 4) is 5.75 Å². The molecule has 0 unspecified atom stereocenters. The summed E-state index contributed by atoms with van der Waals surface area (Å²) in [6.45, 7) is 0. The van der Waals surface area contributed by atoms with Gasteiger partial charge in [0.1, 0.15) is 0 Å². The minimum absolute atomic E-state index is 0. The van der Waals surface area contributed by atoms with Gasteiger partial charge >= 0.3 is 86.9 Å². The number of esters is 1. The molecule has 0 saturated carbocycles. The van der Waals surface area contributed by atoms with Crippen molar-refractivity contribution < 1.29 is 95.6 Å². The van der Waals surface area contributed by atoms with Crippen LogP contribution in [0.25, 0.3) is 0 Å². The second kappa shape index (κ2) is 8.44. The molecule has 0 aliphatic heterocycles. The predicted molar refractivity (Wildman–Crippen MR) is 37.2 cm³/mol. The van der Waals surface area contributed by atoms with E-state index in [4.69, 9.17) is 0 Å². The van der Waals surface area contributed by atoms with Crippen molar-refractivity contribution in [1.29, 1.82) is 0 Å². The van der Waals surface area contributed by atoms with Gasteiger partial charge in [-0.3, -0.25) is 0 Å². The van der Waals surface area contributed by atoms with E-state index < -0.39 is 5.97 Å². The summed E-state index contributed by atoms with van der Waals surface area (Å²) < 4.78 is 4.44. The Morgan fingerprint density at radius 3 is 2.15 bits per heavy atom. The molecule has 0 saturated heterocycles. The van der Waals surface area contributed by atoms with Crippen LogP contribution in [0.15, 0.2) is 24.3 Å². The molecule has 1 rings (SSSR count). The van der Waals surface area contributed by atoms with Crippen molar-refractivity contribution in [3.05, 3.63) is 29.8 Å². The number of hydrogen-bond acceptors (Lipinski definition) is 3. The predicted octanol–water partition coefficient (Wildman–Crippen LogP) is -5.45. The van der Waals surface area contributed by atoms with Gasteiger partial charge in [0.15, 0.2) is 0 Å². The van der Waals surface area contributed by atoms with E-state index in [0.29, 0.717) is 5.56 Å². The fraction of sp³-hybridized carbons (Fsp3) is 0.125. The number of methoxy groups -OCH3 is 1. The van der Waals surface area contributed by atoms with Gasteiger partial charge in [0.25, 0.3) is 0 Å². The largest absolute Gasteiger partial charge is 1.00 e. The third-order valence-corrected chi connectivity index (χ3v) is 1.28. The Balaban J connectivity index is 0. The molecule has 0 spiro atoms. The normalized spacial score (nSPS) is 7.77. The van der Waals surface area contributed by atoms with Crippen LogP contribution in [0.3, 0.4) is 0 Å². The van der Waals surface area contributed by atoms with E-state index in [9.17, 15) is 9.90 Å². The van der Waals surface area contributed by atoms with Gasteiger partial charge < -0.3 is 9.84 Å². The van der Waals surface area contributed by atoms with E-state index in [1.54, 1.807) is 0 Å². The smallest absolute Gasteiger partial charge is 0.872 e. The van der Waals surface area contributed by atoms with Gasteiger partial charge in [-0.25, -0.2) is 4.79 Å². The molecule has 1 aromatic rings. The average molecular weight is 213 g/mol. The number of carbonyl (C=O) groups excluding carboxylic acids is 1. The van der Waals surface area contributed by atoms with E-state index in [0.717, 1.165) is 0 Å². The summed E-state index contributed by atoms with van der Waals surface area (Å²) in [6.07, 6.45) is 0. The van der Waals surface area contributed by atoms with Crippen molar-refractivity contribution in [2.75, 3.05) is 7.11 Å². The monoisotopic (exact) mass is 213 g/mol. The summed E-state index contributed by atoms with van der Waals surface area (Å²) in [6, 6.07) is 5.53.